The number of hydrogen-bond donors (Lipinski definition) is 0. The number of pyridine rings is 2. The fourth-order valence-corrected chi connectivity index (χ4v) is 4.52. The summed E-state index contributed by atoms with van der Waals surface area (Å²) in [6.07, 6.45) is 1.60. The van der Waals surface area contributed by atoms with E-state index in [0.29, 0.717) is 10.0 Å². The molecule has 4 heteroatoms. The molecule has 0 saturated carbocycles. The molecule has 5 aromatic rings. The molecule has 31 heavy (non-hydrogen) atoms. The molecule has 5 rings (SSSR count). The summed E-state index contributed by atoms with van der Waals surface area (Å²) in [5.41, 5.74) is 5.01. The molecule has 0 spiro atoms. The fourth-order valence-electron chi connectivity index (χ4n) is 4.07. The van der Waals surface area contributed by atoms with Crippen LogP contribution in [0.2, 0.25) is 10.0 Å². The second-order valence-electron chi connectivity index (χ2n) is 7.74. The van der Waals surface area contributed by atoms with E-state index in [2.05, 4.69) is 48.5 Å². The third kappa shape index (κ3) is 4.27. The number of para-hydroxylation sites is 2. The zero-order chi connectivity index (χ0) is 21.2. The summed E-state index contributed by atoms with van der Waals surface area (Å²) in [6, 6.07) is 30.7. The Bertz CT molecular complexity index is 1280. The van der Waals surface area contributed by atoms with E-state index in [9.17, 15) is 0 Å². The van der Waals surface area contributed by atoms with E-state index in [4.69, 9.17) is 33.2 Å². The van der Waals surface area contributed by atoms with Crippen LogP contribution in [0.25, 0.3) is 21.8 Å². The molecule has 3 aromatic carbocycles. The van der Waals surface area contributed by atoms with Gasteiger partial charge >= 0.3 is 0 Å². The van der Waals surface area contributed by atoms with E-state index >= 15 is 0 Å². The van der Waals surface area contributed by atoms with E-state index in [1.807, 2.05) is 42.5 Å². The van der Waals surface area contributed by atoms with E-state index in [0.717, 1.165) is 46.0 Å². The summed E-state index contributed by atoms with van der Waals surface area (Å²) in [4.78, 5) is 9.74. The molecular formula is C27H20Cl2N2. The van der Waals surface area contributed by atoms with Gasteiger partial charge in [0.2, 0.25) is 0 Å². The van der Waals surface area contributed by atoms with Gasteiger partial charge in [-0.1, -0.05) is 89.9 Å². The highest BCUT2D eigenvalue weighted by molar-refractivity contribution is 6.35. The molecule has 2 heterocycles. The van der Waals surface area contributed by atoms with Crippen LogP contribution in [-0.2, 0) is 12.8 Å². The van der Waals surface area contributed by atoms with Crippen molar-refractivity contribution in [1.82, 2.24) is 9.97 Å². The van der Waals surface area contributed by atoms with E-state index < -0.39 is 0 Å². The Labute approximate surface area is 191 Å². The molecule has 2 nitrogen and oxygen atoms in total. The maximum absolute atomic E-state index is 6.40. The largest absolute Gasteiger partial charge is 0.251 e. The highest BCUT2D eigenvalue weighted by Crippen LogP contribution is 2.28. The van der Waals surface area contributed by atoms with Gasteiger partial charge in [0.15, 0.2) is 0 Å². The smallest absolute Gasteiger partial charge is 0.0891 e. The Morgan fingerprint density at radius 3 is 1.58 bits per heavy atom. The van der Waals surface area contributed by atoms with Crippen molar-refractivity contribution in [3.63, 3.8) is 0 Å². The number of nitrogens with zero attached hydrogens (tertiary/aromatic N) is 2. The molecule has 0 aliphatic heterocycles. The first kappa shape index (κ1) is 20.0. The van der Waals surface area contributed by atoms with Crippen molar-refractivity contribution in [2.45, 2.75) is 18.8 Å². The van der Waals surface area contributed by atoms with E-state index in [1.165, 1.54) is 5.56 Å². The van der Waals surface area contributed by atoms with Crippen molar-refractivity contribution in [3.05, 3.63) is 118 Å². The molecule has 0 N–H and O–H groups in total. The standard InChI is InChI=1S/C27H20Cl2N2/c28-24-10-4-8-19-12-14-22(30-26(19)24)16-21(18-6-2-1-3-7-18)17-23-15-13-20-9-5-11-25(29)27(20)31-23/h1-15,21H,16-17H2. The minimum atomic E-state index is 0.237. The molecule has 0 amide bonds. The van der Waals surface area contributed by atoms with Gasteiger partial charge in [0, 0.05) is 22.2 Å². The molecule has 0 radical (unpaired) electrons. The lowest BCUT2D eigenvalue weighted by Crippen LogP contribution is -2.09. The van der Waals surface area contributed by atoms with Gasteiger partial charge in [-0.15, -0.1) is 0 Å². The van der Waals surface area contributed by atoms with Crippen LogP contribution < -0.4 is 0 Å². The highest BCUT2D eigenvalue weighted by atomic mass is 35.5. The third-order valence-electron chi connectivity index (χ3n) is 5.64. The van der Waals surface area contributed by atoms with Crippen LogP contribution in [0.4, 0.5) is 0 Å². The summed E-state index contributed by atoms with van der Waals surface area (Å²) < 4.78 is 0. The van der Waals surface area contributed by atoms with Gasteiger partial charge in [-0.25, -0.2) is 0 Å². The van der Waals surface area contributed by atoms with Crippen LogP contribution in [-0.4, -0.2) is 9.97 Å². The molecular weight excluding hydrogens is 423 g/mol. The predicted molar refractivity (Wildman–Crippen MR) is 130 cm³/mol. The molecule has 0 bridgehead atoms. The van der Waals surface area contributed by atoms with Crippen molar-refractivity contribution < 1.29 is 0 Å². The van der Waals surface area contributed by atoms with Crippen molar-refractivity contribution in [2.75, 3.05) is 0 Å². The summed E-state index contributed by atoms with van der Waals surface area (Å²) in [6.45, 7) is 0. The van der Waals surface area contributed by atoms with Crippen molar-refractivity contribution in [2.24, 2.45) is 0 Å². The van der Waals surface area contributed by atoms with Gasteiger partial charge < -0.3 is 0 Å². The minimum absolute atomic E-state index is 0.237. The average Bonchev–Trinajstić information content (AvgIpc) is 2.80. The zero-order valence-electron chi connectivity index (χ0n) is 16.8. The van der Waals surface area contributed by atoms with E-state index in [-0.39, 0.29) is 5.92 Å². The first-order chi connectivity index (χ1) is 15.2. The third-order valence-corrected chi connectivity index (χ3v) is 6.25. The van der Waals surface area contributed by atoms with Gasteiger partial charge in [0.25, 0.3) is 0 Å². The van der Waals surface area contributed by atoms with Crippen LogP contribution in [0.15, 0.2) is 91.0 Å². The number of benzene rings is 3. The number of fused-ring (bicyclic) bond motifs is 2. The first-order valence-corrected chi connectivity index (χ1v) is 11.1. The number of halogens is 2. The quantitative estimate of drug-likeness (QED) is 0.279. The topological polar surface area (TPSA) is 25.8 Å². The first-order valence-electron chi connectivity index (χ1n) is 10.3. The lowest BCUT2D eigenvalue weighted by Gasteiger charge is -2.18. The van der Waals surface area contributed by atoms with Crippen LogP contribution in [0, 0.1) is 0 Å². The molecule has 0 atom stereocenters. The van der Waals surface area contributed by atoms with Crippen molar-refractivity contribution in [1.29, 1.82) is 0 Å². The minimum Gasteiger partial charge on any atom is -0.251 e. The Hall–Kier alpha value is -2.94. The van der Waals surface area contributed by atoms with Gasteiger partial charge in [-0.3, -0.25) is 9.97 Å². The normalized spacial score (nSPS) is 11.5. The Balaban J connectivity index is 1.51. The highest BCUT2D eigenvalue weighted by Gasteiger charge is 2.16. The summed E-state index contributed by atoms with van der Waals surface area (Å²) in [5, 5.41) is 3.47. The Kier molecular flexibility index (Phi) is 5.59. The maximum atomic E-state index is 6.40. The summed E-state index contributed by atoms with van der Waals surface area (Å²) in [7, 11) is 0. The van der Waals surface area contributed by atoms with Crippen LogP contribution in [0.1, 0.15) is 22.9 Å². The second kappa shape index (κ2) is 8.66. The lowest BCUT2D eigenvalue weighted by atomic mass is 9.89. The molecule has 0 saturated heterocycles. The van der Waals surface area contributed by atoms with Gasteiger partial charge in [0.1, 0.15) is 0 Å². The van der Waals surface area contributed by atoms with E-state index in [1.54, 1.807) is 0 Å². The summed E-state index contributed by atoms with van der Waals surface area (Å²) >= 11 is 12.8. The molecule has 0 aliphatic rings. The monoisotopic (exact) mass is 442 g/mol. The molecule has 0 aliphatic carbocycles. The molecule has 0 unspecified atom stereocenters. The molecule has 152 valence electrons. The predicted octanol–water partition coefficient (Wildman–Crippen LogP) is 7.66. The average molecular weight is 443 g/mol. The second-order valence-corrected chi connectivity index (χ2v) is 8.56. The Morgan fingerprint density at radius 1 is 0.548 bits per heavy atom. The number of rotatable bonds is 5. The van der Waals surface area contributed by atoms with Gasteiger partial charge in [-0.05, 0) is 48.6 Å². The van der Waals surface area contributed by atoms with Gasteiger partial charge in [0.05, 0.1) is 21.1 Å². The van der Waals surface area contributed by atoms with Crippen LogP contribution >= 0.6 is 23.2 Å². The maximum Gasteiger partial charge on any atom is 0.0891 e. The van der Waals surface area contributed by atoms with Crippen molar-refractivity contribution in [3.8, 4) is 0 Å². The van der Waals surface area contributed by atoms with Crippen LogP contribution in [0.3, 0.4) is 0 Å². The molecule has 2 aromatic heterocycles. The fraction of sp³-hybridized carbons (Fsp3) is 0.111. The number of aromatic nitrogens is 2. The Morgan fingerprint density at radius 2 is 1.06 bits per heavy atom. The molecule has 0 fully saturated rings. The summed E-state index contributed by atoms with van der Waals surface area (Å²) in [5.74, 6) is 0.237. The SMILES string of the molecule is Clc1cccc2ccc(CC(Cc3ccc4cccc(Cl)c4n3)c3ccccc3)nc12. The lowest BCUT2D eigenvalue weighted by molar-refractivity contribution is 0.660. The zero-order valence-corrected chi connectivity index (χ0v) is 18.3. The van der Waals surface area contributed by atoms with Crippen LogP contribution in [0.5, 0.6) is 0 Å². The van der Waals surface area contributed by atoms with Crippen molar-refractivity contribution >= 4 is 45.0 Å². The van der Waals surface area contributed by atoms with Gasteiger partial charge in [-0.2, -0.15) is 0 Å². The number of hydrogen-bond acceptors (Lipinski definition) is 2.